The van der Waals surface area contributed by atoms with Crippen LogP contribution in [0.4, 0.5) is 0 Å². The molecule has 2 aromatic rings. The molecule has 3 rings (SSSR count). The van der Waals surface area contributed by atoms with Gasteiger partial charge in [-0.15, -0.1) is 0 Å². The Labute approximate surface area is 164 Å². The van der Waals surface area contributed by atoms with Gasteiger partial charge in [-0.1, -0.05) is 11.2 Å². The Morgan fingerprint density at radius 2 is 2.29 bits per heavy atom. The lowest BCUT2D eigenvalue weighted by molar-refractivity contribution is -0.127. The van der Waals surface area contributed by atoms with Crippen molar-refractivity contribution in [2.24, 2.45) is 4.99 Å². The zero-order chi connectivity index (χ0) is 19.6. The number of carbonyl (C=O) groups is 1. The molecule has 9 heteroatoms. The molecule has 3 heterocycles. The SMILES string of the molecule is CCNC(=NCCCN1CCCC1=O)NCCc1noc(-c2ccccn2)n1. The molecule has 2 aromatic heterocycles. The molecule has 0 aromatic carbocycles. The van der Waals surface area contributed by atoms with E-state index in [1.165, 1.54) is 0 Å². The smallest absolute Gasteiger partial charge is 0.276 e. The van der Waals surface area contributed by atoms with E-state index in [1.54, 1.807) is 6.20 Å². The van der Waals surface area contributed by atoms with Gasteiger partial charge in [0.2, 0.25) is 5.91 Å². The van der Waals surface area contributed by atoms with Crippen LogP contribution < -0.4 is 10.6 Å². The molecule has 0 spiro atoms. The summed E-state index contributed by atoms with van der Waals surface area (Å²) in [6.45, 7) is 5.77. The number of amides is 1. The molecule has 0 atom stereocenters. The molecule has 0 radical (unpaired) electrons. The Morgan fingerprint density at radius 3 is 3.04 bits per heavy atom. The number of hydrogen-bond acceptors (Lipinski definition) is 6. The van der Waals surface area contributed by atoms with Crippen LogP contribution >= 0.6 is 0 Å². The summed E-state index contributed by atoms with van der Waals surface area (Å²) < 4.78 is 5.26. The first-order valence-electron chi connectivity index (χ1n) is 9.80. The quantitative estimate of drug-likeness (QED) is 0.380. The number of aromatic nitrogens is 3. The molecule has 150 valence electrons. The highest BCUT2D eigenvalue weighted by atomic mass is 16.5. The fourth-order valence-electron chi connectivity index (χ4n) is 2.98. The van der Waals surface area contributed by atoms with Crippen molar-refractivity contribution >= 4 is 11.9 Å². The van der Waals surface area contributed by atoms with E-state index in [-0.39, 0.29) is 5.91 Å². The summed E-state index contributed by atoms with van der Waals surface area (Å²) in [5.41, 5.74) is 0.667. The van der Waals surface area contributed by atoms with Crippen LogP contribution in [0, 0.1) is 0 Å². The van der Waals surface area contributed by atoms with Crippen LogP contribution in [0.15, 0.2) is 33.9 Å². The Morgan fingerprint density at radius 1 is 1.36 bits per heavy atom. The predicted molar refractivity (Wildman–Crippen MR) is 106 cm³/mol. The monoisotopic (exact) mass is 385 g/mol. The average Bonchev–Trinajstić information content (AvgIpc) is 3.35. The van der Waals surface area contributed by atoms with E-state index in [9.17, 15) is 4.79 Å². The first-order valence-corrected chi connectivity index (χ1v) is 9.80. The molecule has 0 unspecified atom stereocenters. The van der Waals surface area contributed by atoms with Crippen LogP contribution in [0.1, 0.15) is 32.0 Å². The van der Waals surface area contributed by atoms with E-state index >= 15 is 0 Å². The molecule has 0 saturated carbocycles. The van der Waals surface area contributed by atoms with Gasteiger partial charge in [-0.25, -0.2) is 0 Å². The molecule has 9 nitrogen and oxygen atoms in total. The van der Waals surface area contributed by atoms with Gasteiger partial charge in [-0.2, -0.15) is 4.98 Å². The van der Waals surface area contributed by atoms with Crippen molar-refractivity contribution in [3.63, 3.8) is 0 Å². The van der Waals surface area contributed by atoms with Crippen molar-refractivity contribution in [1.29, 1.82) is 0 Å². The number of nitrogens with one attached hydrogen (secondary N) is 2. The molecule has 2 N–H and O–H groups in total. The third-order valence-electron chi connectivity index (χ3n) is 4.36. The van der Waals surface area contributed by atoms with Crippen molar-refractivity contribution in [2.45, 2.75) is 32.6 Å². The highest BCUT2D eigenvalue weighted by Gasteiger charge is 2.18. The van der Waals surface area contributed by atoms with Crippen LogP contribution in [0.25, 0.3) is 11.6 Å². The Hall–Kier alpha value is -2.97. The molecular formula is C19H27N7O2. The van der Waals surface area contributed by atoms with E-state index in [2.05, 4.69) is 30.8 Å². The van der Waals surface area contributed by atoms with E-state index < -0.39 is 0 Å². The third kappa shape index (κ3) is 5.77. The van der Waals surface area contributed by atoms with Crippen LogP contribution in [-0.2, 0) is 11.2 Å². The maximum Gasteiger partial charge on any atom is 0.276 e. The Kier molecular flexibility index (Phi) is 7.34. The maximum absolute atomic E-state index is 11.6. The number of carbonyl (C=O) groups excluding carboxylic acids is 1. The van der Waals surface area contributed by atoms with E-state index in [0.29, 0.717) is 43.3 Å². The molecular weight excluding hydrogens is 358 g/mol. The molecule has 1 amide bonds. The van der Waals surface area contributed by atoms with Crippen molar-refractivity contribution in [3.8, 4) is 11.6 Å². The van der Waals surface area contributed by atoms with Gasteiger partial charge in [0.1, 0.15) is 5.69 Å². The fraction of sp³-hybridized carbons (Fsp3) is 0.526. The van der Waals surface area contributed by atoms with Crippen LogP contribution in [-0.4, -0.2) is 64.6 Å². The topological polar surface area (TPSA) is 109 Å². The Balaban J connectivity index is 1.42. The first kappa shape index (κ1) is 19.8. The highest BCUT2D eigenvalue weighted by Crippen LogP contribution is 2.13. The normalized spacial score (nSPS) is 14.5. The zero-order valence-electron chi connectivity index (χ0n) is 16.2. The van der Waals surface area contributed by atoms with Crippen molar-refractivity contribution < 1.29 is 9.32 Å². The second-order valence-corrected chi connectivity index (χ2v) is 6.51. The minimum atomic E-state index is 0.263. The third-order valence-corrected chi connectivity index (χ3v) is 4.36. The summed E-state index contributed by atoms with van der Waals surface area (Å²) >= 11 is 0. The first-order chi connectivity index (χ1) is 13.8. The molecule has 1 fully saturated rings. The lowest BCUT2D eigenvalue weighted by atomic mass is 10.3. The van der Waals surface area contributed by atoms with Gasteiger partial charge < -0.3 is 20.1 Å². The molecule has 0 aliphatic carbocycles. The van der Waals surface area contributed by atoms with Crippen LogP contribution in [0.3, 0.4) is 0 Å². The number of guanidine groups is 1. The maximum atomic E-state index is 11.6. The number of nitrogens with zero attached hydrogens (tertiary/aromatic N) is 5. The highest BCUT2D eigenvalue weighted by molar-refractivity contribution is 5.79. The van der Waals surface area contributed by atoms with Gasteiger partial charge in [0.15, 0.2) is 11.8 Å². The van der Waals surface area contributed by atoms with Gasteiger partial charge in [-0.05, 0) is 31.9 Å². The largest absolute Gasteiger partial charge is 0.357 e. The number of rotatable bonds is 9. The summed E-state index contributed by atoms with van der Waals surface area (Å²) in [4.78, 5) is 26.7. The van der Waals surface area contributed by atoms with Gasteiger partial charge in [0, 0.05) is 51.8 Å². The van der Waals surface area contributed by atoms with E-state index in [4.69, 9.17) is 4.52 Å². The second-order valence-electron chi connectivity index (χ2n) is 6.51. The molecule has 1 aliphatic rings. The van der Waals surface area contributed by atoms with E-state index in [1.807, 2.05) is 30.0 Å². The zero-order valence-corrected chi connectivity index (χ0v) is 16.2. The van der Waals surface area contributed by atoms with Crippen molar-refractivity contribution in [1.82, 2.24) is 30.7 Å². The number of hydrogen-bond donors (Lipinski definition) is 2. The summed E-state index contributed by atoms with van der Waals surface area (Å²) in [7, 11) is 0. The minimum absolute atomic E-state index is 0.263. The summed E-state index contributed by atoms with van der Waals surface area (Å²) in [5.74, 6) is 2.06. The van der Waals surface area contributed by atoms with Crippen molar-refractivity contribution in [3.05, 3.63) is 30.2 Å². The lowest BCUT2D eigenvalue weighted by Crippen LogP contribution is -2.38. The van der Waals surface area contributed by atoms with Gasteiger partial charge in [0.25, 0.3) is 5.89 Å². The number of pyridine rings is 1. The standard InChI is InChI=1S/C19H27N7O2/c1-2-20-19(22-11-6-14-26-13-5-8-17(26)27)23-12-9-16-24-18(28-25-16)15-7-3-4-10-21-15/h3-4,7,10H,2,5-6,8-9,11-14H2,1H3,(H2,20,22,23). The predicted octanol–water partition coefficient (Wildman–Crippen LogP) is 1.24. The Bertz CT molecular complexity index is 776. The summed E-state index contributed by atoms with van der Waals surface area (Å²) in [6, 6.07) is 5.56. The van der Waals surface area contributed by atoms with Gasteiger partial charge >= 0.3 is 0 Å². The number of aliphatic imine (C=N–C) groups is 1. The summed E-state index contributed by atoms with van der Waals surface area (Å²) in [5, 5.41) is 10.5. The van der Waals surface area contributed by atoms with Crippen LogP contribution in [0.5, 0.6) is 0 Å². The average molecular weight is 385 g/mol. The molecule has 1 aliphatic heterocycles. The van der Waals surface area contributed by atoms with Crippen molar-refractivity contribution in [2.75, 3.05) is 32.7 Å². The fourth-order valence-corrected chi connectivity index (χ4v) is 2.98. The number of likely N-dealkylation sites (tertiary alicyclic amines) is 1. The molecule has 1 saturated heterocycles. The van der Waals surface area contributed by atoms with Crippen LogP contribution in [0.2, 0.25) is 0 Å². The van der Waals surface area contributed by atoms with Gasteiger partial charge in [0.05, 0.1) is 0 Å². The molecule has 0 bridgehead atoms. The van der Waals surface area contributed by atoms with Gasteiger partial charge in [-0.3, -0.25) is 14.8 Å². The van der Waals surface area contributed by atoms with E-state index in [0.717, 1.165) is 38.4 Å². The summed E-state index contributed by atoms with van der Waals surface area (Å²) in [6.07, 6.45) is 4.83. The lowest BCUT2D eigenvalue weighted by Gasteiger charge is -2.15. The second kappa shape index (κ2) is 10.4. The molecule has 28 heavy (non-hydrogen) atoms. The minimum Gasteiger partial charge on any atom is -0.357 e.